The average Bonchev–Trinajstić information content (AvgIpc) is 3.70. The van der Waals surface area contributed by atoms with Crippen molar-refractivity contribution in [2.24, 2.45) is 5.41 Å². The number of benzene rings is 3. The maximum atomic E-state index is 12.9. The SMILES string of the molecule is CC.CC1(CNc2nc(-c3cccc(C(=O)Nc4ccc(Cl)cc4Cl)c3)cs2)CC(c2ccccc2C=C2C=CC=C2)C1. The highest BCUT2D eigenvalue weighted by molar-refractivity contribution is 7.14. The normalized spacial score (nSPS) is 18.4. The lowest BCUT2D eigenvalue weighted by Gasteiger charge is -2.46. The summed E-state index contributed by atoms with van der Waals surface area (Å²) in [6, 6.07) is 21.2. The van der Waals surface area contributed by atoms with Gasteiger partial charge in [-0.15, -0.1) is 11.3 Å². The zero-order valence-corrected chi connectivity index (χ0v) is 26.9. The molecule has 1 fully saturated rings. The zero-order chi connectivity index (χ0) is 30.4. The Labute approximate surface area is 268 Å². The number of carbonyl (C=O) groups is 1. The number of halogens is 2. The van der Waals surface area contributed by atoms with Crippen LogP contribution >= 0.6 is 34.5 Å². The summed E-state index contributed by atoms with van der Waals surface area (Å²) in [7, 11) is 0. The molecule has 6 rings (SSSR count). The Kier molecular flexibility index (Phi) is 9.86. The molecule has 2 N–H and O–H groups in total. The first kappa shape index (κ1) is 30.8. The number of amides is 1. The molecule has 0 atom stereocenters. The maximum Gasteiger partial charge on any atom is 0.255 e. The second-order valence-corrected chi connectivity index (χ2v) is 12.7. The van der Waals surface area contributed by atoms with Gasteiger partial charge in [0.1, 0.15) is 0 Å². The number of carbonyl (C=O) groups excluding carboxylic acids is 1. The van der Waals surface area contributed by atoms with Gasteiger partial charge in [-0.05, 0) is 77.3 Å². The Morgan fingerprint density at radius 2 is 1.79 bits per heavy atom. The second-order valence-electron chi connectivity index (χ2n) is 11.0. The molecule has 0 radical (unpaired) electrons. The van der Waals surface area contributed by atoms with Crippen molar-refractivity contribution in [1.29, 1.82) is 0 Å². The van der Waals surface area contributed by atoms with Crippen LogP contribution in [0.25, 0.3) is 17.3 Å². The molecule has 1 saturated carbocycles. The summed E-state index contributed by atoms with van der Waals surface area (Å²) in [5.41, 5.74) is 6.98. The van der Waals surface area contributed by atoms with Gasteiger partial charge in [0, 0.05) is 28.1 Å². The lowest BCUT2D eigenvalue weighted by atomic mass is 9.60. The highest BCUT2D eigenvalue weighted by Crippen LogP contribution is 2.52. The van der Waals surface area contributed by atoms with Gasteiger partial charge in [-0.1, -0.05) is 105 Å². The van der Waals surface area contributed by atoms with Gasteiger partial charge in [0.15, 0.2) is 5.13 Å². The summed E-state index contributed by atoms with van der Waals surface area (Å²) in [5, 5.41) is 10.3. The summed E-state index contributed by atoms with van der Waals surface area (Å²) in [4.78, 5) is 17.7. The maximum absolute atomic E-state index is 12.9. The third kappa shape index (κ3) is 7.48. The van der Waals surface area contributed by atoms with E-state index >= 15 is 0 Å². The molecule has 1 amide bonds. The third-order valence-corrected chi connectivity index (χ3v) is 9.04. The second kappa shape index (κ2) is 13.8. The zero-order valence-electron chi connectivity index (χ0n) is 24.5. The molecule has 220 valence electrons. The first-order valence-corrected chi connectivity index (χ1v) is 16.2. The topological polar surface area (TPSA) is 54.0 Å². The van der Waals surface area contributed by atoms with E-state index in [1.54, 1.807) is 35.6 Å². The molecule has 0 spiro atoms. The minimum atomic E-state index is -0.244. The van der Waals surface area contributed by atoms with Crippen molar-refractivity contribution in [3.63, 3.8) is 0 Å². The molecular weight excluding hydrogens is 593 g/mol. The number of nitrogens with one attached hydrogen (secondary N) is 2. The lowest BCUT2D eigenvalue weighted by Crippen LogP contribution is -2.39. The Morgan fingerprint density at radius 3 is 2.56 bits per heavy atom. The molecule has 7 heteroatoms. The van der Waals surface area contributed by atoms with Crippen LogP contribution in [0.3, 0.4) is 0 Å². The van der Waals surface area contributed by atoms with Crippen molar-refractivity contribution < 1.29 is 4.79 Å². The molecule has 1 heterocycles. The first-order chi connectivity index (χ1) is 20.8. The molecule has 2 aliphatic carbocycles. The van der Waals surface area contributed by atoms with Crippen LogP contribution in [0.5, 0.6) is 0 Å². The molecule has 2 aliphatic rings. The average molecular weight is 629 g/mol. The third-order valence-electron chi connectivity index (χ3n) is 7.70. The van der Waals surface area contributed by atoms with E-state index in [4.69, 9.17) is 28.2 Å². The van der Waals surface area contributed by atoms with Gasteiger partial charge >= 0.3 is 0 Å². The summed E-state index contributed by atoms with van der Waals surface area (Å²) < 4.78 is 0. The Morgan fingerprint density at radius 1 is 1.02 bits per heavy atom. The number of hydrogen-bond donors (Lipinski definition) is 2. The minimum Gasteiger partial charge on any atom is -0.361 e. The van der Waals surface area contributed by atoms with Crippen molar-refractivity contribution >= 4 is 57.3 Å². The Bertz CT molecular complexity index is 1680. The van der Waals surface area contributed by atoms with E-state index in [1.165, 1.54) is 16.7 Å². The lowest BCUT2D eigenvalue weighted by molar-refractivity contribution is 0.102. The number of allylic oxidation sites excluding steroid dienone is 5. The Hall–Kier alpha value is -3.64. The summed E-state index contributed by atoms with van der Waals surface area (Å²) in [5.74, 6) is 0.318. The van der Waals surface area contributed by atoms with E-state index in [1.807, 2.05) is 37.4 Å². The number of thiazole rings is 1. The van der Waals surface area contributed by atoms with Crippen LogP contribution in [0.2, 0.25) is 10.0 Å². The van der Waals surface area contributed by atoms with E-state index in [-0.39, 0.29) is 11.3 Å². The number of hydrogen-bond acceptors (Lipinski definition) is 4. The summed E-state index contributed by atoms with van der Waals surface area (Å²) in [6.07, 6.45) is 13.0. The van der Waals surface area contributed by atoms with Gasteiger partial charge in [0.05, 0.1) is 16.4 Å². The first-order valence-electron chi connectivity index (χ1n) is 14.6. The predicted molar refractivity (Wildman–Crippen MR) is 185 cm³/mol. The van der Waals surface area contributed by atoms with Crippen LogP contribution in [-0.2, 0) is 0 Å². The van der Waals surface area contributed by atoms with E-state index in [9.17, 15) is 4.79 Å². The molecule has 0 unspecified atom stereocenters. The number of nitrogens with zero attached hydrogens (tertiary/aromatic N) is 1. The van der Waals surface area contributed by atoms with Crippen molar-refractivity contribution in [2.75, 3.05) is 17.2 Å². The molecule has 4 nitrogen and oxygen atoms in total. The van der Waals surface area contributed by atoms with Gasteiger partial charge in [-0.2, -0.15) is 0 Å². The van der Waals surface area contributed by atoms with E-state index < -0.39 is 0 Å². The highest BCUT2D eigenvalue weighted by Gasteiger charge is 2.41. The van der Waals surface area contributed by atoms with E-state index in [0.29, 0.717) is 27.2 Å². The van der Waals surface area contributed by atoms with Crippen molar-refractivity contribution in [2.45, 2.75) is 39.5 Å². The molecular formula is C36H35Cl2N3OS. The van der Waals surface area contributed by atoms with E-state index in [0.717, 1.165) is 35.8 Å². The fourth-order valence-electron chi connectivity index (χ4n) is 5.55. The Balaban J connectivity index is 0.00000180. The van der Waals surface area contributed by atoms with Crippen LogP contribution in [0.1, 0.15) is 61.0 Å². The number of rotatable bonds is 8. The smallest absolute Gasteiger partial charge is 0.255 e. The molecule has 1 aromatic heterocycles. The predicted octanol–water partition coefficient (Wildman–Crippen LogP) is 10.9. The van der Waals surface area contributed by atoms with Crippen LogP contribution in [0.4, 0.5) is 10.8 Å². The molecule has 0 bridgehead atoms. The van der Waals surface area contributed by atoms with Crippen molar-refractivity contribution in [3.8, 4) is 11.3 Å². The molecule has 4 aromatic rings. The van der Waals surface area contributed by atoms with Crippen molar-refractivity contribution in [3.05, 3.63) is 129 Å². The van der Waals surface area contributed by atoms with Gasteiger partial charge in [0.2, 0.25) is 0 Å². The van der Waals surface area contributed by atoms with Gasteiger partial charge in [-0.25, -0.2) is 4.98 Å². The van der Waals surface area contributed by atoms with Crippen LogP contribution < -0.4 is 10.6 Å². The monoisotopic (exact) mass is 627 g/mol. The summed E-state index contributed by atoms with van der Waals surface area (Å²) >= 11 is 13.8. The fourth-order valence-corrected chi connectivity index (χ4v) is 6.73. The number of aromatic nitrogens is 1. The van der Waals surface area contributed by atoms with Crippen LogP contribution in [0, 0.1) is 5.41 Å². The fraction of sp³-hybridized carbons (Fsp3) is 0.222. The largest absolute Gasteiger partial charge is 0.361 e. The molecule has 0 aliphatic heterocycles. The standard InChI is InChI=1S/C34H29Cl2N3OS.C2H6/c1-34(18-26(19-34)28-12-5-4-9-23(28)15-22-7-2-3-8-22)21-37-33-39-31(20-41-33)24-10-6-11-25(16-24)32(40)38-30-14-13-27(35)17-29(30)36;1-2/h2-17,20,26H,18-19,21H2,1H3,(H,37,39)(H,38,40);1-2H3. The van der Waals surface area contributed by atoms with Gasteiger partial charge < -0.3 is 10.6 Å². The molecule has 3 aromatic carbocycles. The van der Waals surface area contributed by atoms with Gasteiger partial charge in [0.25, 0.3) is 5.91 Å². The van der Waals surface area contributed by atoms with Gasteiger partial charge in [-0.3, -0.25) is 4.79 Å². The quantitative estimate of drug-likeness (QED) is 0.204. The van der Waals surface area contributed by atoms with Crippen LogP contribution in [-0.4, -0.2) is 17.4 Å². The number of anilines is 2. The summed E-state index contributed by atoms with van der Waals surface area (Å²) in [6.45, 7) is 7.22. The minimum absolute atomic E-state index is 0.213. The molecule has 0 saturated heterocycles. The van der Waals surface area contributed by atoms with Crippen LogP contribution in [0.15, 0.2) is 102 Å². The van der Waals surface area contributed by atoms with E-state index in [2.05, 4.69) is 72.2 Å². The van der Waals surface area contributed by atoms with Crippen molar-refractivity contribution in [1.82, 2.24) is 4.98 Å². The highest BCUT2D eigenvalue weighted by atomic mass is 35.5. The molecule has 43 heavy (non-hydrogen) atoms.